The van der Waals surface area contributed by atoms with Crippen LogP contribution in [0, 0.1) is 11.6 Å². The second-order valence-electron chi connectivity index (χ2n) is 3.52. The van der Waals surface area contributed by atoms with Gasteiger partial charge >= 0.3 is 0 Å². The van der Waals surface area contributed by atoms with Gasteiger partial charge in [-0.05, 0) is 18.6 Å². The predicted molar refractivity (Wildman–Crippen MR) is 65.8 cm³/mol. The van der Waals surface area contributed by atoms with Crippen LogP contribution in [0.25, 0.3) is 0 Å². The fourth-order valence-corrected chi connectivity index (χ4v) is 2.46. The van der Waals surface area contributed by atoms with Crippen LogP contribution in [0.2, 0.25) is 0 Å². The lowest BCUT2D eigenvalue weighted by atomic mass is 10.2. The van der Waals surface area contributed by atoms with Gasteiger partial charge in [-0.2, -0.15) is 5.10 Å². The first-order valence-corrected chi connectivity index (χ1v) is 6.78. The van der Waals surface area contributed by atoms with Gasteiger partial charge in [0.25, 0.3) is 0 Å². The van der Waals surface area contributed by atoms with Crippen molar-refractivity contribution in [3.8, 4) is 0 Å². The van der Waals surface area contributed by atoms with Crippen LogP contribution in [-0.2, 0) is 10.0 Å². The standard InChI is InChI=1S/C10H13F2N3O2S/c1-2-5-18(16,17)15-9-4-3-8(11)7(6-14-13)10(9)12/h3-4,6,15H,2,5,13H2,1H3. The Morgan fingerprint density at radius 3 is 2.67 bits per heavy atom. The van der Waals surface area contributed by atoms with E-state index in [0.29, 0.717) is 6.42 Å². The van der Waals surface area contributed by atoms with E-state index >= 15 is 0 Å². The molecular weight excluding hydrogens is 264 g/mol. The zero-order valence-corrected chi connectivity index (χ0v) is 10.5. The third kappa shape index (κ3) is 3.39. The molecule has 0 radical (unpaired) electrons. The molecule has 0 aromatic heterocycles. The van der Waals surface area contributed by atoms with Gasteiger partial charge < -0.3 is 5.84 Å². The number of nitrogens with two attached hydrogens (primary N) is 1. The van der Waals surface area contributed by atoms with E-state index in [4.69, 9.17) is 5.84 Å². The lowest BCUT2D eigenvalue weighted by Crippen LogP contribution is -2.17. The van der Waals surface area contributed by atoms with E-state index in [1.165, 1.54) is 0 Å². The quantitative estimate of drug-likeness (QED) is 0.485. The Bertz CT molecular complexity index is 558. The predicted octanol–water partition coefficient (Wildman–Crippen LogP) is 1.41. The topological polar surface area (TPSA) is 84.5 Å². The Kier molecular flexibility index (Phi) is 4.60. The first kappa shape index (κ1) is 14.4. The molecule has 0 spiro atoms. The van der Waals surface area contributed by atoms with Crippen LogP contribution in [0.15, 0.2) is 17.2 Å². The highest BCUT2D eigenvalue weighted by Crippen LogP contribution is 2.21. The van der Waals surface area contributed by atoms with Crippen molar-refractivity contribution in [1.82, 2.24) is 0 Å². The highest BCUT2D eigenvalue weighted by atomic mass is 32.2. The molecule has 0 fully saturated rings. The van der Waals surface area contributed by atoms with Crippen molar-refractivity contribution >= 4 is 21.9 Å². The Balaban J connectivity index is 3.16. The number of anilines is 1. The summed E-state index contributed by atoms with van der Waals surface area (Å²) in [4.78, 5) is 0. The van der Waals surface area contributed by atoms with E-state index in [2.05, 4.69) is 5.10 Å². The number of nitrogens with one attached hydrogen (secondary N) is 1. The average molecular weight is 277 g/mol. The van der Waals surface area contributed by atoms with Crippen molar-refractivity contribution in [3.63, 3.8) is 0 Å². The molecule has 18 heavy (non-hydrogen) atoms. The Morgan fingerprint density at radius 1 is 1.44 bits per heavy atom. The minimum Gasteiger partial charge on any atom is -0.323 e. The number of hydrazone groups is 1. The molecule has 0 saturated carbocycles. The highest BCUT2D eigenvalue weighted by molar-refractivity contribution is 7.92. The van der Waals surface area contributed by atoms with Crippen LogP contribution in [-0.4, -0.2) is 20.4 Å². The molecule has 0 aliphatic rings. The van der Waals surface area contributed by atoms with Crippen molar-refractivity contribution in [2.75, 3.05) is 10.5 Å². The van der Waals surface area contributed by atoms with Crippen LogP contribution in [0.3, 0.4) is 0 Å². The molecule has 0 amide bonds. The first-order chi connectivity index (χ1) is 8.41. The van der Waals surface area contributed by atoms with Gasteiger partial charge in [0.15, 0.2) is 5.82 Å². The second kappa shape index (κ2) is 5.76. The Morgan fingerprint density at radius 2 is 2.11 bits per heavy atom. The second-order valence-corrected chi connectivity index (χ2v) is 5.36. The molecule has 0 aliphatic heterocycles. The summed E-state index contributed by atoms with van der Waals surface area (Å²) in [5.41, 5.74) is -0.825. The van der Waals surface area contributed by atoms with E-state index in [1.807, 2.05) is 4.72 Å². The minimum absolute atomic E-state index is 0.149. The molecule has 0 unspecified atom stereocenters. The maximum atomic E-state index is 13.8. The zero-order valence-electron chi connectivity index (χ0n) is 9.65. The fourth-order valence-electron chi connectivity index (χ4n) is 1.33. The number of hydrogen-bond donors (Lipinski definition) is 2. The van der Waals surface area contributed by atoms with Gasteiger partial charge in [-0.25, -0.2) is 17.2 Å². The van der Waals surface area contributed by atoms with Crippen molar-refractivity contribution in [3.05, 3.63) is 29.3 Å². The van der Waals surface area contributed by atoms with E-state index in [0.717, 1.165) is 18.3 Å². The van der Waals surface area contributed by atoms with Gasteiger partial charge in [-0.3, -0.25) is 4.72 Å². The molecule has 3 N–H and O–H groups in total. The molecule has 1 aromatic rings. The van der Waals surface area contributed by atoms with Gasteiger partial charge in [0, 0.05) is 0 Å². The Hall–Kier alpha value is -1.70. The van der Waals surface area contributed by atoms with Crippen LogP contribution in [0.5, 0.6) is 0 Å². The van der Waals surface area contributed by atoms with Crippen molar-refractivity contribution in [1.29, 1.82) is 0 Å². The van der Waals surface area contributed by atoms with Crippen molar-refractivity contribution < 1.29 is 17.2 Å². The minimum atomic E-state index is -3.64. The summed E-state index contributed by atoms with van der Waals surface area (Å²) in [6.07, 6.45) is 1.16. The van der Waals surface area contributed by atoms with Gasteiger partial charge in [0.1, 0.15) is 5.82 Å². The van der Waals surface area contributed by atoms with Crippen molar-refractivity contribution in [2.24, 2.45) is 10.9 Å². The number of halogens is 2. The lowest BCUT2D eigenvalue weighted by Gasteiger charge is -2.09. The summed E-state index contributed by atoms with van der Waals surface area (Å²) in [6, 6.07) is 1.94. The highest BCUT2D eigenvalue weighted by Gasteiger charge is 2.16. The molecule has 1 aromatic carbocycles. The van der Waals surface area contributed by atoms with E-state index in [9.17, 15) is 17.2 Å². The molecular formula is C10H13F2N3O2S. The molecule has 0 bridgehead atoms. The first-order valence-electron chi connectivity index (χ1n) is 5.13. The molecule has 0 saturated heterocycles. The summed E-state index contributed by atoms with van der Waals surface area (Å²) in [5.74, 6) is 2.75. The van der Waals surface area contributed by atoms with E-state index < -0.39 is 27.2 Å². The van der Waals surface area contributed by atoms with Crippen LogP contribution >= 0.6 is 0 Å². The smallest absolute Gasteiger partial charge is 0.232 e. The van der Waals surface area contributed by atoms with Gasteiger partial charge in [-0.15, -0.1) is 0 Å². The number of sulfonamides is 1. The maximum absolute atomic E-state index is 13.8. The molecule has 100 valence electrons. The van der Waals surface area contributed by atoms with Gasteiger partial charge in [0.05, 0.1) is 23.2 Å². The Labute approximate surface area is 104 Å². The average Bonchev–Trinajstić information content (AvgIpc) is 2.28. The van der Waals surface area contributed by atoms with E-state index in [1.54, 1.807) is 6.92 Å². The van der Waals surface area contributed by atoms with E-state index in [-0.39, 0.29) is 11.4 Å². The monoisotopic (exact) mass is 277 g/mol. The third-order valence-electron chi connectivity index (χ3n) is 2.07. The number of benzene rings is 1. The van der Waals surface area contributed by atoms with Crippen LogP contribution in [0.1, 0.15) is 18.9 Å². The number of nitrogens with zero attached hydrogens (tertiary/aromatic N) is 1. The molecule has 0 heterocycles. The number of rotatable bonds is 5. The molecule has 8 heteroatoms. The van der Waals surface area contributed by atoms with Gasteiger partial charge in [0.2, 0.25) is 10.0 Å². The maximum Gasteiger partial charge on any atom is 0.232 e. The summed E-state index contributed by atoms with van der Waals surface area (Å²) in [5, 5.41) is 3.02. The van der Waals surface area contributed by atoms with Crippen molar-refractivity contribution in [2.45, 2.75) is 13.3 Å². The molecule has 0 atom stereocenters. The number of hydrogen-bond acceptors (Lipinski definition) is 4. The van der Waals surface area contributed by atoms with Gasteiger partial charge in [-0.1, -0.05) is 6.92 Å². The van der Waals surface area contributed by atoms with Crippen LogP contribution in [0.4, 0.5) is 14.5 Å². The summed E-state index contributed by atoms with van der Waals surface area (Å²) in [7, 11) is -3.64. The fraction of sp³-hybridized carbons (Fsp3) is 0.300. The molecule has 5 nitrogen and oxygen atoms in total. The SMILES string of the molecule is CCCS(=O)(=O)Nc1ccc(F)c(C=NN)c1F. The zero-order chi connectivity index (χ0) is 13.8. The largest absolute Gasteiger partial charge is 0.323 e. The summed E-state index contributed by atoms with van der Waals surface area (Å²) >= 11 is 0. The summed E-state index contributed by atoms with van der Waals surface area (Å²) < 4.78 is 52.0. The van der Waals surface area contributed by atoms with Crippen LogP contribution < -0.4 is 10.6 Å². The third-order valence-corrected chi connectivity index (χ3v) is 3.55. The normalized spacial score (nSPS) is 11.9. The molecule has 0 aliphatic carbocycles. The summed E-state index contributed by atoms with van der Waals surface area (Å²) in [6.45, 7) is 1.67. The molecule has 1 rings (SSSR count). The lowest BCUT2D eigenvalue weighted by molar-refractivity contribution is 0.580.